The molecule has 0 saturated carbocycles. The number of aryl methyl sites for hydroxylation is 1. The number of amides is 1. The van der Waals surface area contributed by atoms with Crippen molar-refractivity contribution in [3.63, 3.8) is 0 Å². The van der Waals surface area contributed by atoms with Gasteiger partial charge in [0.2, 0.25) is 5.91 Å². The Kier molecular flexibility index (Phi) is 6.45. The Bertz CT molecular complexity index is 1010. The lowest BCUT2D eigenvalue weighted by atomic mass is 10.1. The van der Waals surface area contributed by atoms with E-state index in [4.69, 9.17) is 11.6 Å². The predicted molar refractivity (Wildman–Crippen MR) is 105 cm³/mol. The second kappa shape index (κ2) is 8.86. The van der Waals surface area contributed by atoms with E-state index < -0.39 is 17.8 Å². The lowest BCUT2D eigenvalue weighted by Gasteiger charge is -2.13. The van der Waals surface area contributed by atoms with Crippen LogP contribution in [0.4, 0.5) is 13.2 Å². The van der Waals surface area contributed by atoms with Crippen LogP contribution in [0.25, 0.3) is 11.4 Å². The highest BCUT2D eigenvalue weighted by Crippen LogP contribution is 2.28. The van der Waals surface area contributed by atoms with Crippen molar-refractivity contribution >= 4 is 17.5 Å². The van der Waals surface area contributed by atoms with Crippen molar-refractivity contribution in [3.8, 4) is 11.4 Å². The number of alkyl halides is 3. The number of rotatable bonds is 7. The topological polar surface area (TPSA) is 88.5 Å². The molecule has 0 bridgehead atoms. The molecule has 7 nitrogen and oxygen atoms in total. The van der Waals surface area contributed by atoms with Gasteiger partial charge < -0.3 is 5.32 Å². The van der Waals surface area contributed by atoms with E-state index in [-0.39, 0.29) is 12.5 Å². The van der Waals surface area contributed by atoms with Crippen LogP contribution in [0, 0.1) is 12.8 Å². The fraction of sp³-hybridized carbons (Fsp3) is 0.368. The molecule has 0 aliphatic heterocycles. The van der Waals surface area contributed by atoms with E-state index in [0.717, 1.165) is 11.6 Å². The minimum absolute atomic E-state index is 0.0524. The molecule has 0 saturated heterocycles. The summed E-state index contributed by atoms with van der Waals surface area (Å²) >= 11 is 5.86. The quantitative estimate of drug-likeness (QED) is 0.587. The van der Waals surface area contributed by atoms with Crippen molar-refractivity contribution < 1.29 is 18.0 Å². The second-order valence-electron chi connectivity index (χ2n) is 6.91. The maximum absolute atomic E-state index is 12.8. The van der Waals surface area contributed by atoms with Crippen LogP contribution in [0.15, 0.2) is 30.3 Å². The average Bonchev–Trinajstić information content (AvgIpc) is 3.29. The number of hydrogen-bond acceptors (Lipinski definition) is 4. The zero-order valence-electron chi connectivity index (χ0n) is 16.3. The zero-order chi connectivity index (χ0) is 21.9. The molecule has 0 aliphatic carbocycles. The number of H-pyrrole nitrogens is 1. The molecule has 3 rings (SSSR count). The van der Waals surface area contributed by atoms with Crippen LogP contribution >= 0.6 is 11.6 Å². The maximum Gasteiger partial charge on any atom is 0.435 e. The molecule has 160 valence electrons. The predicted octanol–water partition coefficient (Wildman–Crippen LogP) is 3.64. The first-order valence-electron chi connectivity index (χ1n) is 9.20. The Morgan fingerprint density at radius 3 is 2.63 bits per heavy atom. The number of benzene rings is 1. The molecule has 1 amide bonds. The fourth-order valence-corrected chi connectivity index (χ4v) is 2.92. The summed E-state index contributed by atoms with van der Waals surface area (Å²) in [4.78, 5) is 16.7. The average molecular weight is 441 g/mol. The van der Waals surface area contributed by atoms with Crippen LogP contribution in [0.2, 0.25) is 5.02 Å². The molecule has 3 aromatic rings. The third-order valence-corrected chi connectivity index (χ3v) is 4.71. The van der Waals surface area contributed by atoms with Crippen molar-refractivity contribution in [2.45, 2.75) is 33.0 Å². The molecule has 0 spiro atoms. The van der Waals surface area contributed by atoms with Crippen molar-refractivity contribution in [1.29, 1.82) is 0 Å². The van der Waals surface area contributed by atoms with Gasteiger partial charge in [-0.1, -0.05) is 18.5 Å². The molecule has 11 heteroatoms. The first kappa shape index (κ1) is 21.8. The normalized spacial score (nSPS) is 12.7. The number of aromatic nitrogens is 5. The van der Waals surface area contributed by atoms with Gasteiger partial charge in [0, 0.05) is 29.2 Å². The Hall–Kier alpha value is -2.88. The summed E-state index contributed by atoms with van der Waals surface area (Å²) in [5, 5.41) is 13.9. The monoisotopic (exact) mass is 440 g/mol. The van der Waals surface area contributed by atoms with Crippen molar-refractivity contribution in [1.82, 2.24) is 30.3 Å². The number of aromatic amines is 1. The van der Waals surface area contributed by atoms with Crippen LogP contribution in [-0.2, 0) is 23.9 Å². The highest BCUT2D eigenvalue weighted by atomic mass is 35.5. The smallest absolute Gasteiger partial charge is 0.355 e. The molecule has 0 fully saturated rings. The summed E-state index contributed by atoms with van der Waals surface area (Å²) in [6.07, 6.45) is -4.08. The molecular weight excluding hydrogens is 421 g/mol. The van der Waals surface area contributed by atoms with Gasteiger partial charge in [0.05, 0.1) is 12.5 Å². The minimum atomic E-state index is -4.51. The van der Waals surface area contributed by atoms with E-state index in [1.165, 1.54) is 11.6 Å². The summed E-state index contributed by atoms with van der Waals surface area (Å²) in [6.45, 7) is 3.52. The van der Waals surface area contributed by atoms with Crippen LogP contribution in [-0.4, -0.2) is 37.4 Å². The van der Waals surface area contributed by atoms with Crippen LogP contribution in [0.3, 0.4) is 0 Å². The van der Waals surface area contributed by atoms with E-state index in [1.54, 1.807) is 31.2 Å². The Labute approximate surface area is 175 Å². The minimum Gasteiger partial charge on any atom is -0.355 e. The zero-order valence-corrected chi connectivity index (χ0v) is 17.1. The van der Waals surface area contributed by atoms with Crippen LogP contribution in [0.1, 0.15) is 24.1 Å². The molecule has 2 aromatic heterocycles. The van der Waals surface area contributed by atoms with E-state index >= 15 is 0 Å². The van der Waals surface area contributed by atoms with Crippen molar-refractivity contribution in [2.75, 3.05) is 6.54 Å². The largest absolute Gasteiger partial charge is 0.435 e. The molecule has 1 aromatic carbocycles. The SMILES string of the molecule is Cc1cc(C(F)(F)F)nn1CC(C)C(=O)NCCc1nc(-c2ccc(Cl)cc2)n[nH]1. The molecule has 1 unspecified atom stereocenters. The van der Waals surface area contributed by atoms with Gasteiger partial charge in [0.15, 0.2) is 11.5 Å². The van der Waals surface area contributed by atoms with Gasteiger partial charge in [-0.25, -0.2) is 4.98 Å². The summed E-state index contributed by atoms with van der Waals surface area (Å²) in [7, 11) is 0. The first-order valence-corrected chi connectivity index (χ1v) is 9.58. The number of carbonyl (C=O) groups excluding carboxylic acids is 1. The Balaban J connectivity index is 1.50. The number of hydrogen-bond donors (Lipinski definition) is 2. The first-order chi connectivity index (χ1) is 14.1. The number of carbonyl (C=O) groups is 1. The van der Waals surface area contributed by atoms with Gasteiger partial charge in [-0.15, -0.1) is 0 Å². The number of halogens is 4. The molecule has 1 atom stereocenters. The fourth-order valence-electron chi connectivity index (χ4n) is 2.79. The van der Waals surface area contributed by atoms with Gasteiger partial charge in [-0.2, -0.15) is 23.4 Å². The van der Waals surface area contributed by atoms with Gasteiger partial charge in [-0.3, -0.25) is 14.6 Å². The van der Waals surface area contributed by atoms with Crippen LogP contribution < -0.4 is 5.32 Å². The van der Waals surface area contributed by atoms with E-state index in [0.29, 0.717) is 35.3 Å². The summed E-state index contributed by atoms with van der Waals surface area (Å²) in [6, 6.07) is 8.06. The molecule has 2 heterocycles. The lowest BCUT2D eigenvalue weighted by Crippen LogP contribution is -2.33. The van der Waals surface area contributed by atoms with E-state index in [9.17, 15) is 18.0 Å². The molecule has 2 N–H and O–H groups in total. The van der Waals surface area contributed by atoms with Crippen molar-refractivity contribution in [3.05, 3.63) is 52.6 Å². The van der Waals surface area contributed by atoms with Gasteiger partial charge in [-0.05, 0) is 37.3 Å². The third kappa shape index (κ3) is 5.38. The lowest BCUT2D eigenvalue weighted by molar-refractivity contribution is -0.141. The standard InChI is InChI=1S/C19H20ClF3N6O/c1-11(10-29-12(2)9-15(28-29)19(21,22)23)18(30)24-8-7-16-25-17(27-26-16)13-3-5-14(20)6-4-13/h3-6,9,11H,7-8,10H2,1-2H3,(H,24,30)(H,25,26,27). The summed E-state index contributed by atoms with van der Waals surface area (Å²) in [5.74, 6) is 0.293. The van der Waals surface area contributed by atoms with Crippen molar-refractivity contribution in [2.24, 2.45) is 5.92 Å². The van der Waals surface area contributed by atoms with E-state index in [1.807, 2.05) is 0 Å². The highest BCUT2D eigenvalue weighted by molar-refractivity contribution is 6.30. The molecule has 0 aliphatic rings. The van der Waals surface area contributed by atoms with Gasteiger partial charge >= 0.3 is 6.18 Å². The number of nitrogens with zero attached hydrogens (tertiary/aromatic N) is 4. The maximum atomic E-state index is 12.8. The molecule has 30 heavy (non-hydrogen) atoms. The van der Waals surface area contributed by atoms with Crippen LogP contribution in [0.5, 0.6) is 0 Å². The Morgan fingerprint density at radius 1 is 1.30 bits per heavy atom. The highest BCUT2D eigenvalue weighted by Gasteiger charge is 2.34. The Morgan fingerprint density at radius 2 is 2.00 bits per heavy atom. The molecule has 0 radical (unpaired) electrons. The third-order valence-electron chi connectivity index (χ3n) is 4.46. The van der Waals surface area contributed by atoms with E-state index in [2.05, 4.69) is 25.6 Å². The van der Waals surface area contributed by atoms with Gasteiger partial charge in [0.1, 0.15) is 5.82 Å². The number of nitrogens with one attached hydrogen (secondary N) is 2. The summed E-state index contributed by atoms with van der Waals surface area (Å²) in [5.41, 5.74) is 0.195. The molecular formula is C19H20ClF3N6O. The summed E-state index contributed by atoms with van der Waals surface area (Å²) < 4.78 is 39.5. The second-order valence-corrected chi connectivity index (χ2v) is 7.34. The van der Waals surface area contributed by atoms with Gasteiger partial charge in [0.25, 0.3) is 0 Å².